The van der Waals surface area contributed by atoms with E-state index in [1.807, 2.05) is 43.5 Å². The van der Waals surface area contributed by atoms with Gasteiger partial charge >= 0.3 is 0 Å². The second kappa shape index (κ2) is 7.64. The molecule has 0 radical (unpaired) electrons. The van der Waals surface area contributed by atoms with Crippen LogP contribution in [0.15, 0.2) is 42.6 Å². The zero-order chi connectivity index (χ0) is 15.1. The first kappa shape index (κ1) is 15.3. The van der Waals surface area contributed by atoms with E-state index in [0.29, 0.717) is 6.61 Å². The Morgan fingerprint density at radius 1 is 1.14 bits per heavy atom. The molecule has 1 N–H and O–H groups in total. The molecule has 112 valence electrons. The number of methoxy groups -OCH3 is 1. The molecule has 0 fully saturated rings. The van der Waals surface area contributed by atoms with E-state index in [2.05, 4.69) is 23.3 Å². The Labute approximate surface area is 126 Å². The van der Waals surface area contributed by atoms with Gasteiger partial charge in [-0.1, -0.05) is 18.2 Å². The van der Waals surface area contributed by atoms with Crippen molar-refractivity contribution in [1.29, 1.82) is 0 Å². The molecule has 0 saturated heterocycles. The van der Waals surface area contributed by atoms with E-state index in [1.165, 1.54) is 5.56 Å². The van der Waals surface area contributed by atoms with Gasteiger partial charge in [0.15, 0.2) is 11.5 Å². The summed E-state index contributed by atoms with van der Waals surface area (Å²) in [6.45, 7) is 5.43. The van der Waals surface area contributed by atoms with Crippen LogP contribution >= 0.6 is 0 Å². The number of hydrogen-bond acceptors (Lipinski definition) is 4. The van der Waals surface area contributed by atoms with Gasteiger partial charge in [0.2, 0.25) is 0 Å². The lowest BCUT2D eigenvalue weighted by atomic mass is 10.2. The lowest BCUT2D eigenvalue weighted by Crippen LogP contribution is -2.31. The molecule has 1 aromatic carbocycles. The number of benzene rings is 1. The van der Waals surface area contributed by atoms with Gasteiger partial charge in [-0.25, -0.2) is 0 Å². The lowest BCUT2D eigenvalue weighted by Gasteiger charge is -2.16. The van der Waals surface area contributed by atoms with Crippen LogP contribution in [0.25, 0.3) is 0 Å². The van der Waals surface area contributed by atoms with E-state index >= 15 is 0 Å². The maximum absolute atomic E-state index is 5.79. The molecule has 4 heteroatoms. The van der Waals surface area contributed by atoms with Crippen LogP contribution in [0.5, 0.6) is 11.5 Å². The fourth-order valence-electron chi connectivity index (χ4n) is 1.89. The molecule has 0 saturated carbocycles. The van der Waals surface area contributed by atoms with Crippen molar-refractivity contribution >= 4 is 0 Å². The average molecular weight is 286 g/mol. The maximum atomic E-state index is 5.79. The number of pyridine rings is 1. The molecule has 0 spiro atoms. The van der Waals surface area contributed by atoms with Gasteiger partial charge in [-0.05, 0) is 37.6 Å². The summed E-state index contributed by atoms with van der Waals surface area (Å²) in [5, 5.41) is 3.40. The summed E-state index contributed by atoms with van der Waals surface area (Å²) in [6.07, 6.45) is 1.88. The van der Waals surface area contributed by atoms with Crippen molar-refractivity contribution in [2.24, 2.45) is 0 Å². The third kappa shape index (κ3) is 4.76. The average Bonchev–Trinajstić information content (AvgIpc) is 2.52. The number of hydrogen-bond donors (Lipinski definition) is 1. The van der Waals surface area contributed by atoms with Gasteiger partial charge in [0.25, 0.3) is 0 Å². The summed E-state index contributed by atoms with van der Waals surface area (Å²) in [5.74, 6) is 1.52. The molecule has 2 aromatic rings. The Hall–Kier alpha value is -2.07. The van der Waals surface area contributed by atoms with Gasteiger partial charge in [0, 0.05) is 18.8 Å². The van der Waals surface area contributed by atoms with Gasteiger partial charge in [0.05, 0.1) is 12.8 Å². The predicted octanol–water partition coefficient (Wildman–Crippen LogP) is 2.96. The molecular formula is C17H22N2O2. The summed E-state index contributed by atoms with van der Waals surface area (Å²) >= 11 is 0. The van der Waals surface area contributed by atoms with Crippen LogP contribution in [0.4, 0.5) is 0 Å². The van der Waals surface area contributed by atoms with Crippen molar-refractivity contribution in [3.63, 3.8) is 0 Å². The van der Waals surface area contributed by atoms with Crippen LogP contribution in [0, 0.1) is 6.92 Å². The van der Waals surface area contributed by atoms with E-state index in [-0.39, 0.29) is 6.04 Å². The molecule has 1 heterocycles. The number of para-hydroxylation sites is 2. The molecule has 0 amide bonds. The Balaban J connectivity index is 1.79. The third-order valence-corrected chi connectivity index (χ3v) is 3.16. The van der Waals surface area contributed by atoms with Crippen LogP contribution in [0.1, 0.15) is 18.2 Å². The minimum atomic E-state index is 0.220. The topological polar surface area (TPSA) is 43.4 Å². The number of aromatic nitrogens is 1. The quantitative estimate of drug-likeness (QED) is 0.850. The van der Waals surface area contributed by atoms with Crippen LogP contribution in [-0.4, -0.2) is 24.7 Å². The molecule has 0 aliphatic carbocycles. The number of nitrogens with zero attached hydrogens (tertiary/aromatic N) is 1. The second-order valence-electron chi connectivity index (χ2n) is 5.07. The molecule has 2 rings (SSSR count). The van der Waals surface area contributed by atoms with Crippen LogP contribution in [0.3, 0.4) is 0 Å². The molecule has 0 bridgehead atoms. The fourth-order valence-corrected chi connectivity index (χ4v) is 1.89. The van der Waals surface area contributed by atoms with Gasteiger partial charge in [-0.2, -0.15) is 0 Å². The van der Waals surface area contributed by atoms with Gasteiger partial charge in [-0.15, -0.1) is 0 Å². The van der Waals surface area contributed by atoms with Crippen molar-refractivity contribution < 1.29 is 9.47 Å². The van der Waals surface area contributed by atoms with Gasteiger partial charge in [0.1, 0.15) is 6.61 Å². The minimum absolute atomic E-state index is 0.220. The Morgan fingerprint density at radius 2 is 1.90 bits per heavy atom. The summed E-state index contributed by atoms with van der Waals surface area (Å²) in [5.41, 5.74) is 2.20. The van der Waals surface area contributed by atoms with Crippen molar-refractivity contribution in [1.82, 2.24) is 10.3 Å². The van der Waals surface area contributed by atoms with E-state index in [0.717, 1.165) is 23.7 Å². The van der Waals surface area contributed by atoms with Crippen molar-refractivity contribution in [2.75, 3.05) is 13.7 Å². The molecule has 21 heavy (non-hydrogen) atoms. The molecule has 1 atom stereocenters. The van der Waals surface area contributed by atoms with Gasteiger partial charge in [-0.3, -0.25) is 4.98 Å². The van der Waals surface area contributed by atoms with Gasteiger partial charge < -0.3 is 14.8 Å². The van der Waals surface area contributed by atoms with E-state index in [1.54, 1.807) is 7.11 Å². The largest absolute Gasteiger partial charge is 0.493 e. The molecule has 0 aliphatic heterocycles. The highest BCUT2D eigenvalue weighted by Gasteiger charge is 2.06. The maximum Gasteiger partial charge on any atom is 0.161 e. The monoisotopic (exact) mass is 286 g/mol. The Morgan fingerprint density at radius 3 is 2.57 bits per heavy atom. The standard InChI is InChI=1S/C17H22N2O2/c1-13-8-9-15(19-10-13)11-18-14(2)12-21-17-7-5-4-6-16(17)20-3/h4-10,14,18H,11-12H2,1-3H3/t14-/m0/s1. The lowest BCUT2D eigenvalue weighted by molar-refractivity contribution is 0.258. The summed E-state index contributed by atoms with van der Waals surface area (Å²) in [6, 6.07) is 12.0. The van der Waals surface area contributed by atoms with Crippen molar-refractivity contribution in [3.05, 3.63) is 53.9 Å². The van der Waals surface area contributed by atoms with Crippen molar-refractivity contribution in [2.45, 2.75) is 26.4 Å². The van der Waals surface area contributed by atoms with Crippen LogP contribution in [0.2, 0.25) is 0 Å². The summed E-state index contributed by atoms with van der Waals surface area (Å²) in [7, 11) is 1.65. The van der Waals surface area contributed by atoms with Crippen LogP contribution in [-0.2, 0) is 6.54 Å². The smallest absolute Gasteiger partial charge is 0.161 e. The normalized spacial score (nSPS) is 12.0. The minimum Gasteiger partial charge on any atom is -0.493 e. The number of nitrogens with one attached hydrogen (secondary N) is 1. The van der Waals surface area contributed by atoms with Crippen molar-refractivity contribution in [3.8, 4) is 11.5 Å². The molecule has 4 nitrogen and oxygen atoms in total. The highest BCUT2D eigenvalue weighted by atomic mass is 16.5. The predicted molar refractivity (Wildman–Crippen MR) is 83.8 cm³/mol. The first-order valence-corrected chi connectivity index (χ1v) is 7.10. The van der Waals surface area contributed by atoms with E-state index in [4.69, 9.17) is 9.47 Å². The van der Waals surface area contributed by atoms with E-state index < -0.39 is 0 Å². The molecular weight excluding hydrogens is 264 g/mol. The number of rotatable bonds is 7. The third-order valence-electron chi connectivity index (χ3n) is 3.16. The first-order valence-electron chi connectivity index (χ1n) is 7.10. The molecule has 1 aromatic heterocycles. The second-order valence-corrected chi connectivity index (χ2v) is 5.07. The molecule has 0 unspecified atom stereocenters. The number of aryl methyl sites for hydroxylation is 1. The Kier molecular flexibility index (Phi) is 5.58. The first-order chi connectivity index (χ1) is 10.2. The Bertz CT molecular complexity index is 555. The molecule has 0 aliphatic rings. The zero-order valence-electron chi connectivity index (χ0n) is 12.8. The van der Waals surface area contributed by atoms with E-state index in [9.17, 15) is 0 Å². The zero-order valence-corrected chi connectivity index (χ0v) is 12.8. The van der Waals surface area contributed by atoms with Crippen LogP contribution < -0.4 is 14.8 Å². The highest BCUT2D eigenvalue weighted by molar-refractivity contribution is 5.39. The number of ether oxygens (including phenoxy) is 2. The SMILES string of the molecule is COc1ccccc1OC[C@H](C)NCc1ccc(C)cn1. The summed E-state index contributed by atoms with van der Waals surface area (Å²) < 4.78 is 11.1. The fraction of sp³-hybridized carbons (Fsp3) is 0.353. The summed E-state index contributed by atoms with van der Waals surface area (Å²) in [4.78, 5) is 4.37. The highest BCUT2D eigenvalue weighted by Crippen LogP contribution is 2.25.